The Hall–Kier alpha value is -0.940. The van der Waals surface area contributed by atoms with Gasteiger partial charge < -0.3 is 9.47 Å². The van der Waals surface area contributed by atoms with E-state index < -0.39 is 45.7 Å². The van der Waals surface area contributed by atoms with Gasteiger partial charge in [-0.15, -0.1) is 0 Å². The van der Waals surface area contributed by atoms with Crippen molar-refractivity contribution in [1.29, 1.82) is 0 Å². The zero-order valence-electron chi connectivity index (χ0n) is 12.4. The van der Waals surface area contributed by atoms with Gasteiger partial charge in [0.25, 0.3) is 10.1 Å². The van der Waals surface area contributed by atoms with Crippen molar-refractivity contribution in [2.45, 2.75) is 12.3 Å². The van der Waals surface area contributed by atoms with Crippen LogP contribution in [-0.2, 0) is 19.6 Å². The highest BCUT2D eigenvalue weighted by molar-refractivity contribution is 14.1. The van der Waals surface area contributed by atoms with E-state index in [-0.39, 0.29) is 9.32 Å². The van der Waals surface area contributed by atoms with Gasteiger partial charge in [0, 0.05) is 9.65 Å². The molecule has 0 saturated heterocycles. The Morgan fingerprint density at radius 1 is 1.31 bits per heavy atom. The van der Waals surface area contributed by atoms with Gasteiger partial charge in [-0.25, -0.2) is 9.59 Å². The third-order valence-electron chi connectivity index (χ3n) is 2.57. The molecule has 1 aromatic carbocycles. The summed E-state index contributed by atoms with van der Waals surface area (Å²) >= 11 is 3.45. The van der Waals surface area contributed by atoms with Gasteiger partial charge in [-0.3, -0.25) is 4.55 Å². The normalized spacial score (nSPS) is 13.0. The van der Waals surface area contributed by atoms with Gasteiger partial charge in [-0.2, -0.15) is 21.6 Å². The molecule has 26 heavy (non-hydrogen) atoms. The first-order valence-electron chi connectivity index (χ1n) is 6.30. The van der Waals surface area contributed by atoms with Crippen molar-refractivity contribution < 1.29 is 45.2 Å². The predicted molar refractivity (Wildman–Crippen MR) is 99.4 cm³/mol. The second-order valence-corrected chi connectivity index (χ2v) is 8.48. The molecular weight excluding hydrogens is 611 g/mol. The Bertz CT molecular complexity index is 837. The molecule has 0 radical (unpaired) electrons. The van der Waals surface area contributed by atoms with E-state index in [1.165, 1.54) is 6.07 Å². The number of hydrogen-bond donors (Lipinski definition) is 1. The highest BCUT2D eigenvalue weighted by Gasteiger charge is 2.46. The van der Waals surface area contributed by atoms with E-state index in [0.29, 0.717) is 3.57 Å². The van der Waals surface area contributed by atoms with Crippen LogP contribution < -0.4 is 4.74 Å². The molecule has 0 bridgehead atoms. The smallest absolute Gasteiger partial charge is 0.426 e. The number of hydrogen-bond acceptors (Lipinski definition) is 6. The van der Waals surface area contributed by atoms with Crippen molar-refractivity contribution in [3.05, 3.63) is 37.5 Å². The highest BCUT2D eigenvalue weighted by Crippen LogP contribution is 2.31. The number of esters is 2. The van der Waals surface area contributed by atoms with Crippen molar-refractivity contribution >= 4 is 67.2 Å². The lowest BCUT2D eigenvalue weighted by Crippen LogP contribution is -2.39. The van der Waals surface area contributed by atoms with Gasteiger partial charge in [0.05, 0.1) is 3.57 Å². The van der Waals surface area contributed by atoms with Crippen LogP contribution in [0, 0.1) is 7.14 Å². The van der Waals surface area contributed by atoms with Crippen molar-refractivity contribution in [3.63, 3.8) is 0 Å². The molecule has 1 rings (SSSR count). The molecule has 0 aliphatic rings. The minimum absolute atomic E-state index is 0.218. The van der Waals surface area contributed by atoms with E-state index in [0.717, 1.165) is 12.1 Å². The Kier molecular flexibility index (Phi) is 7.85. The van der Waals surface area contributed by atoms with Crippen LogP contribution >= 0.6 is 45.2 Å². The van der Waals surface area contributed by atoms with E-state index in [1.54, 1.807) is 45.2 Å². The fraction of sp³-hybridized carbons (Fsp3) is 0.231. The topological polar surface area (TPSA) is 107 Å². The molecule has 1 unspecified atom stereocenters. The van der Waals surface area contributed by atoms with Crippen LogP contribution in [0.3, 0.4) is 0 Å². The predicted octanol–water partition coefficient (Wildman–Crippen LogP) is 2.96. The van der Waals surface area contributed by atoms with Crippen molar-refractivity contribution in [1.82, 2.24) is 0 Å². The third-order valence-corrected chi connectivity index (χ3v) is 4.72. The summed E-state index contributed by atoms with van der Waals surface area (Å²) in [6, 6.07) is 2.57. The quantitative estimate of drug-likeness (QED) is 0.172. The molecule has 0 heterocycles. The van der Waals surface area contributed by atoms with Gasteiger partial charge in [0.2, 0.25) is 6.10 Å². The van der Waals surface area contributed by atoms with Gasteiger partial charge >= 0.3 is 18.1 Å². The summed E-state index contributed by atoms with van der Waals surface area (Å²) in [5.41, 5.74) is -0.527. The summed E-state index contributed by atoms with van der Waals surface area (Å²) in [5, 5.41) is 0. The van der Waals surface area contributed by atoms with Crippen LogP contribution in [0.5, 0.6) is 5.75 Å². The van der Waals surface area contributed by atoms with E-state index in [9.17, 15) is 31.2 Å². The SMILES string of the molecule is C=CC(=O)Oc1c(I)cc(I)cc1C(=O)OC(CS(=O)(=O)O)C(F)(F)F. The van der Waals surface area contributed by atoms with E-state index >= 15 is 0 Å². The molecule has 144 valence electrons. The molecule has 0 fully saturated rings. The summed E-state index contributed by atoms with van der Waals surface area (Å²) in [4.78, 5) is 23.5. The molecular formula is C13H9F3I2O7S. The number of halogens is 5. The summed E-state index contributed by atoms with van der Waals surface area (Å²) < 4.78 is 78.5. The van der Waals surface area contributed by atoms with Crippen molar-refractivity contribution in [2.24, 2.45) is 0 Å². The Balaban J connectivity index is 3.30. The number of rotatable bonds is 6. The fourth-order valence-corrected chi connectivity index (χ4v) is 4.13. The Labute approximate surface area is 172 Å². The first-order valence-corrected chi connectivity index (χ1v) is 10.1. The third kappa shape index (κ3) is 6.99. The molecule has 1 atom stereocenters. The van der Waals surface area contributed by atoms with E-state index in [1.807, 2.05) is 0 Å². The molecule has 7 nitrogen and oxygen atoms in total. The van der Waals surface area contributed by atoms with Crippen molar-refractivity contribution in [3.8, 4) is 5.75 Å². The molecule has 0 aromatic heterocycles. The minimum Gasteiger partial charge on any atom is -0.448 e. The van der Waals surface area contributed by atoms with Crippen molar-refractivity contribution in [2.75, 3.05) is 5.75 Å². The number of carbonyl (C=O) groups excluding carboxylic acids is 2. The molecule has 0 amide bonds. The zero-order chi connectivity index (χ0) is 20.3. The van der Waals surface area contributed by atoms with E-state index in [2.05, 4.69) is 11.3 Å². The number of ether oxygens (including phenoxy) is 2. The van der Waals surface area contributed by atoms with Gasteiger partial charge in [0.15, 0.2) is 5.75 Å². The molecule has 13 heteroatoms. The molecule has 0 spiro atoms. The van der Waals surface area contributed by atoms with E-state index in [4.69, 9.17) is 9.29 Å². The summed E-state index contributed by atoms with van der Waals surface area (Å²) in [6.07, 6.45) is -7.58. The maximum atomic E-state index is 12.9. The molecule has 0 aliphatic heterocycles. The maximum absolute atomic E-state index is 12.9. The molecule has 1 aromatic rings. The average Bonchev–Trinajstić information content (AvgIpc) is 2.46. The van der Waals surface area contributed by atoms with Crippen LogP contribution in [0.1, 0.15) is 10.4 Å². The second kappa shape index (κ2) is 8.83. The highest BCUT2D eigenvalue weighted by atomic mass is 127. The summed E-state index contributed by atoms with van der Waals surface area (Å²) in [6.45, 7) is 3.16. The number of alkyl halides is 3. The average molecular weight is 620 g/mol. The first-order chi connectivity index (χ1) is 11.7. The maximum Gasteiger partial charge on any atom is 0.426 e. The van der Waals surface area contributed by atoms with Gasteiger partial charge in [-0.1, -0.05) is 6.58 Å². The lowest BCUT2D eigenvalue weighted by atomic mass is 10.2. The zero-order valence-corrected chi connectivity index (χ0v) is 17.5. The second-order valence-electron chi connectivity index (χ2n) is 4.57. The summed E-state index contributed by atoms with van der Waals surface area (Å²) in [7, 11) is -5.08. The number of benzene rings is 1. The molecule has 0 aliphatic carbocycles. The minimum atomic E-state index is -5.25. The lowest BCUT2D eigenvalue weighted by Gasteiger charge is -2.20. The Morgan fingerprint density at radius 3 is 2.35 bits per heavy atom. The van der Waals surface area contributed by atoms with Gasteiger partial charge in [-0.05, 0) is 57.3 Å². The standard InChI is InChI=1S/C13H9F3I2O7S/c1-2-10(19)25-11-7(3-6(17)4-8(11)18)12(20)24-9(13(14,15)16)5-26(21,22)23/h2-4,9H,1,5H2,(H,21,22,23). The monoisotopic (exact) mass is 620 g/mol. The number of carbonyl (C=O) groups is 2. The fourth-order valence-electron chi connectivity index (χ4n) is 1.54. The van der Waals surface area contributed by atoms with Crippen LogP contribution in [0.15, 0.2) is 24.8 Å². The Morgan fingerprint density at radius 2 is 1.88 bits per heavy atom. The van der Waals surface area contributed by atoms with Crippen LogP contribution in [0.2, 0.25) is 0 Å². The van der Waals surface area contributed by atoms with Gasteiger partial charge in [0.1, 0.15) is 11.3 Å². The van der Waals surface area contributed by atoms with Crippen LogP contribution in [-0.4, -0.2) is 42.9 Å². The molecule has 0 saturated carbocycles. The molecule has 1 N–H and O–H groups in total. The van der Waals surface area contributed by atoms with Crippen LogP contribution in [0.25, 0.3) is 0 Å². The summed E-state index contributed by atoms with van der Waals surface area (Å²) in [5.74, 6) is -4.79. The first kappa shape index (κ1) is 23.1. The largest absolute Gasteiger partial charge is 0.448 e. The van der Waals surface area contributed by atoms with Crippen LogP contribution in [0.4, 0.5) is 13.2 Å². The lowest BCUT2D eigenvalue weighted by molar-refractivity contribution is -0.197.